The lowest BCUT2D eigenvalue weighted by atomic mass is 9.89. The topological polar surface area (TPSA) is 150 Å². The number of likely N-dealkylation sites (N-methyl/N-ethyl adjacent to an activating group) is 2. The number of nitrogens with zero attached hydrogens (tertiary/aromatic N) is 2. The molecule has 1 saturated heterocycles. The fourth-order valence-corrected chi connectivity index (χ4v) is 7.42. The Labute approximate surface area is 306 Å². The second-order valence-electron chi connectivity index (χ2n) is 15.0. The molecule has 1 aromatic carbocycles. The second kappa shape index (κ2) is 20.8. The average molecular weight is 718 g/mol. The van der Waals surface area contributed by atoms with Gasteiger partial charge in [-0.25, -0.2) is 0 Å². The van der Waals surface area contributed by atoms with Gasteiger partial charge in [-0.2, -0.15) is 0 Å². The first kappa shape index (κ1) is 44.1. The van der Waals surface area contributed by atoms with Crippen LogP contribution in [-0.2, 0) is 28.7 Å². The van der Waals surface area contributed by atoms with Gasteiger partial charge in [0.15, 0.2) is 0 Å². The number of ether oxygens (including phenoxy) is 2. The third-order valence-corrected chi connectivity index (χ3v) is 10.7. The normalized spacial score (nSPS) is 20.1. The van der Waals surface area contributed by atoms with Crippen molar-refractivity contribution in [1.29, 1.82) is 0 Å². The Kier molecular flexibility index (Phi) is 18.0. The van der Waals surface area contributed by atoms with Crippen molar-refractivity contribution in [3.05, 3.63) is 35.9 Å². The number of likely N-dealkylation sites (tertiary alicyclic amines) is 1. The number of hydrogen-bond donors (Lipinski definition) is 4. The molecule has 51 heavy (non-hydrogen) atoms. The first-order chi connectivity index (χ1) is 24.0. The predicted molar refractivity (Wildman–Crippen MR) is 200 cm³/mol. The Balaban J connectivity index is 2.24. The van der Waals surface area contributed by atoms with Crippen LogP contribution < -0.4 is 16.0 Å². The van der Waals surface area contributed by atoms with Crippen molar-refractivity contribution in [2.75, 3.05) is 34.9 Å². The maximum absolute atomic E-state index is 14.1. The number of hydrogen-bond acceptors (Lipinski definition) is 8. The summed E-state index contributed by atoms with van der Waals surface area (Å²) < 4.78 is 11.9. The highest BCUT2D eigenvalue weighted by Crippen LogP contribution is 2.30. The molecule has 4 amide bonds. The van der Waals surface area contributed by atoms with Gasteiger partial charge in [-0.1, -0.05) is 85.2 Å². The van der Waals surface area contributed by atoms with Gasteiger partial charge < -0.3 is 40.3 Å². The van der Waals surface area contributed by atoms with Crippen molar-refractivity contribution >= 4 is 23.6 Å². The predicted octanol–water partition coefficient (Wildman–Crippen LogP) is 3.53. The number of nitrogens with one attached hydrogen (secondary N) is 3. The highest BCUT2D eigenvalue weighted by molar-refractivity contribution is 5.90. The van der Waals surface area contributed by atoms with Gasteiger partial charge in [-0.15, -0.1) is 0 Å². The van der Waals surface area contributed by atoms with E-state index in [-0.39, 0.29) is 53.8 Å². The van der Waals surface area contributed by atoms with E-state index in [1.807, 2.05) is 71.9 Å². The number of aliphatic hydroxyl groups excluding tert-OH is 1. The summed E-state index contributed by atoms with van der Waals surface area (Å²) in [6, 6.07) is 6.67. The number of rotatable bonds is 20. The van der Waals surface area contributed by atoms with Crippen molar-refractivity contribution in [3.8, 4) is 0 Å². The highest BCUT2D eigenvalue weighted by Gasteiger charge is 2.43. The zero-order chi connectivity index (χ0) is 38.6. The van der Waals surface area contributed by atoms with E-state index in [2.05, 4.69) is 16.0 Å². The lowest BCUT2D eigenvalue weighted by Crippen LogP contribution is -2.59. The lowest BCUT2D eigenvalue weighted by Gasteiger charge is -2.41. The second-order valence-corrected chi connectivity index (χ2v) is 15.0. The quantitative estimate of drug-likeness (QED) is 0.160. The largest absolute Gasteiger partial charge is 0.386 e. The van der Waals surface area contributed by atoms with Gasteiger partial charge in [0, 0.05) is 27.8 Å². The van der Waals surface area contributed by atoms with Crippen LogP contribution in [-0.4, -0.2) is 116 Å². The molecule has 0 spiro atoms. The maximum Gasteiger partial charge on any atom is 0.245 e. The summed E-state index contributed by atoms with van der Waals surface area (Å²) in [6.07, 6.45) is 0.147. The first-order valence-corrected chi connectivity index (χ1v) is 18.7. The number of benzene rings is 1. The molecule has 12 heteroatoms. The molecule has 4 N–H and O–H groups in total. The van der Waals surface area contributed by atoms with Crippen molar-refractivity contribution in [1.82, 2.24) is 25.8 Å². The molecule has 0 radical (unpaired) electrons. The molecule has 1 fully saturated rings. The van der Waals surface area contributed by atoms with E-state index in [0.717, 1.165) is 12.8 Å². The summed E-state index contributed by atoms with van der Waals surface area (Å²) in [4.78, 5) is 58.3. The van der Waals surface area contributed by atoms with E-state index >= 15 is 0 Å². The van der Waals surface area contributed by atoms with E-state index in [0.29, 0.717) is 18.5 Å². The molecule has 0 saturated carbocycles. The highest BCUT2D eigenvalue weighted by atomic mass is 16.5. The average Bonchev–Trinajstić information content (AvgIpc) is 3.59. The van der Waals surface area contributed by atoms with Gasteiger partial charge in [0.25, 0.3) is 0 Å². The van der Waals surface area contributed by atoms with E-state index in [1.165, 1.54) is 0 Å². The van der Waals surface area contributed by atoms with Crippen molar-refractivity contribution in [2.45, 2.75) is 130 Å². The van der Waals surface area contributed by atoms with Crippen LogP contribution in [0.5, 0.6) is 0 Å². The van der Waals surface area contributed by atoms with E-state index < -0.39 is 48.4 Å². The van der Waals surface area contributed by atoms with Crippen LogP contribution in [0.4, 0.5) is 0 Å². The molecule has 12 nitrogen and oxygen atoms in total. The monoisotopic (exact) mass is 718 g/mol. The number of amides is 4. The fraction of sp³-hybridized carbons (Fsp3) is 0.744. The first-order valence-electron chi connectivity index (χ1n) is 18.7. The molecule has 0 unspecified atom stereocenters. The van der Waals surface area contributed by atoms with Crippen LogP contribution in [0.2, 0.25) is 0 Å². The Bertz CT molecular complexity index is 1250. The number of carbonyl (C=O) groups excluding carboxylic acids is 4. The van der Waals surface area contributed by atoms with Gasteiger partial charge >= 0.3 is 0 Å². The summed E-state index contributed by atoms with van der Waals surface area (Å²) >= 11 is 0. The van der Waals surface area contributed by atoms with E-state index in [1.54, 1.807) is 52.0 Å². The number of methoxy groups -OCH3 is 2. The summed E-state index contributed by atoms with van der Waals surface area (Å²) in [5.74, 6) is -1.62. The third kappa shape index (κ3) is 11.5. The molecule has 0 bridgehead atoms. The lowest BCUT2D eigenvalue weighted by molar-refractivity contribution is -0.148. The molecule has 2 rings (SSSR count). The minimum absolute atomic E-state index is 0.0148. The van der Waals surface area contributed by atoms with Gasteiger partial charge in [0.2, 0.25) is 23.6 Å². The molecule has 1 aliphatic heterocycles. The summed E-state index contributed by atoms with van der Waals surface area (Å²) in [5, 5.41) is 19.8. The molecule has 0 aromatic heterocycles. The van der Waals surface area contributed by atoms with Crippen LogP contribution in [0.25, 0.3) is 0 Å². The van der Waals surface area contributed by atoms with Gasteiger partial charge in [-0.05, 0) is 50.1 Å². The van der Waals surface area contributed by atoms with Crippen LogP contribution in [0.1, 0.15) is 92.7 Å². The summed E-state index contributed by atoms with van der Waals surface area (Å²) in [7, 11) is 6.57. The zero-order valence-electron chi connectivity index (χ0n) is 33.1. The van der Waals surface area contributed by atoms with E-state index in [9.17, 15) is 24.3 Å². The van der Waals surface area contributed by atoms with Crippen molar-refractivity contribution < 1.29 is 33.8 Å². The van der Waals surface area contributed by atoms with Crippen LogP contribution in [0.15, 0.2) is 30.3 Å². The van der Waals surface area contributed by atoms with Gasteiger partial charge in [0.1, 0.15) is 6.04 Å². The summed E-state index contributed by atoms with van der Waals surface area (Å²) in [5.41, 5.74) is 0.711. The summed E-state index contributed by atoms with van der Waals surface area (Å²) in [6.45, 7) is 15.9. The Morgan fingerprint density at radius 2 is 1.53 bits per heavy atom. The van der Waals surface area contributed by atoms with Crippen LogP contribution in [0, 0.1) is 23.7 Å². The third-order valence-electron chi connectivity index (χ3n) is 10.7. The van der Waals surface area contributed by atoms with Gasteiger partial charge in [0.05, 0.1) is 54.8 Å². The zero-order valence-corrected chi connectivity index (χ0v) is 33.1. The minimum atomic E-state index is -0.875. The number of aliphatic hydroxyl groups is 1. The van der Waals surface area contributed by atoms with Gasteiger partial charge in [-0.3, -0.25) is 19.2 Å². The van der Waals surface area contributed by atoms with Crippen molar-refractivity contribution in [2.24, 2.45) is 23.7 Å². The molecule has 1 aromatic rings. The Hall–Kier alpha value is -3.06. The van der Waals surface area contributed by atoms with Crippen LogP contribution >= 0.6 is 0 Å². The molecule has 1 heterocycles. The van der Waals surface area contributed by atoms with Crippen LogP contribution in [0.3, 0.4) is 0 Å². The Morgan fingerprint density at radius 3 is 2.04 bits per heavy atom. The Morgan fingerprint density at radius 1 is 0.922 bits per heavy atom. The SMILES string of the molecule is CC[C@H](C)[C@H]([C@H](CC(=O)N1CCC[C@@H]1[C@H](OC)[C@H](C)C(=O)N[C@H](C)[C@H](O)c1ccccc1)OC)N(C)C(=O)[C@H](NC(=O)[C@H](NC)C(C)C)C(C)C. The molecule has 0 aliphatic carbocycles. The molecular formula is C39H67N5O7. The van der Waals surface area contributed by atoms with E-state index in [4.69, 9.17) is 9.47 Å². The fourth-order valence-electron chi connectivity index (χ4n) is 7.42. The minimum Gasteiger partial charge on any atom is -0.386 e. The molecule has 1 aliphatic rings. The maximum atomic E-state index is 14.1. The molecule has 10 atom stereocenters. The number of carbonyl (C=O) groups is 4. The molecule has 290 valence electrons. The smallest absolute Gasteiger partial charge is 0.245 e. The van der Waals surface area contributed by atoms with Crippen molar-refractivity contribution in [3.63, 3.8) is 0 Å². The standard InChI is InChI=1S/C39H67N5O7/c1-13-25(6)34(43(10)39(49)33(24(4)5)42-38(48)32(40-9)23(2)3)30(50-11)22-31(45)44-21-17-20-29(44)36(51-12)26(7)37(47)41-27(8)35(46)28-18-15-14-16-19-28/h14-16,18-19,23-27,29-30,32-36,40,46H,13,17,20-22H2,1-12H3,(H,41,47)(H,42,48)/t25-,26-,27+,29+,30-,32+,33+,34+,35-,36+/m0/s1. The molecular weight excluding hydrogens is 650 g/mol.